The van der Waals surface area contributed by atoms with Crippen LogP contribution in [0.5, 0.6) is 0 Å². The lowest BCUT2D eigenvalue weighted by Crippen LogP contribution is -2.31. The number of carbonyl (C=O) groups is 3. The topological polar surface area (TPSA) is 124 Å². The molecule has 3 N–H and O–H groups in total. The number of hydrogen-bond donors (Lipinski definition) is 3. The van der Waals surface area contributed by atoms with Crippen LogP contribution < -0.4 is 16.0 Å². The van der Waals surface area contributed by atoms with Crippen molar-refractivity contribution < 1.29 is 18.8 Å². The Balaban J connectivity index is 1.37. The van der Waals surface area contributed by atoms with Crippen LogP contribution in [0, 0.1) is 18.3 Å². The number of ketones is 1. The highest BCUT2D eigenvalue weighted by molar-refractivity contribution is 8.03. The highest BCUT2D eigenvalue weighted by atomic mass is 35.5. The number of dihydropyridines is 1. The van der Waals surface area contributed by atoms with Crippen LogP contribution in [0.1, 0.15) is 40.1 Å². The first-order valence-electron chi connectivity index (χ1n) is 13.6. The average molecular weight is 623 g/mol. The van der Waals surface area contributed by atoms with Crippen LogP contribution in [0.4, 0.5) is 11.4 Å². The monoisotopic (exact) mass is 622 g/mol. The number of carbonyl (C=O) groups excluding carboxylic acids is 3. The van der Waals surface area contributed by atoms with Crippen LogP contribution in [0.15, 0.2) is 117 Å². The van der Waals surface area contributed by atoms with Gasteiger partial charge in [0.05, 0.1) is 45.9 Å². The summed E-state index contributed by atoms with van der Waals surface area (Å²) < 4.78 is 5.68. The second kappa shape index (κ2) is 13.5. The molecule has 1 atom stereocenters. The number of rotatable bonds is 9. The van der Waals surface area contributed by atoms with Gasteiger partial charge in [-0.3, -0.25) is 14.4 Å². The maximum atomic E-state index is 13.6. The van der Waals surface area contributed by atoms with Crippen molar-refractivity contribution in [2.75, 3.05) is 16.4 Å². The Morgan fingerprint density at radius 3 is 2.48 bits per heavy atom. The molecule has 0 radical (unpaired) electrons. The van der Waals surface area contributed by atoms with Gasteiger partial charge in [-0.15, -0.1) is 0 Å². The zero-order valence-corrected chi connectivity index (χ0v) is 25.4. The molecule has 8 nitrogen and oxygen atoms in total. The Morgan fingerprint density at radius 2 is 1.77 bits per heavy atom. The summed E-state index contributed by atoms with van der Waals surface area (Å²) in [6.45, 7) is 3.67. The standard InChI is InChI=1S/C34H27ClN4O4S/c1-20-8-6-11-24(16-20)38-33(42)30-21(2)37-34(26(18-36)31(30)28-12-7-15-43-28)44-19-29(40)39-27-14-13-23(35)17-25(27)32(41)22-9-4-3-5-10-22/h3-17,31,37H,19H2,1-2H3,(H,38,42)(H,39,40). The molecule has 2 heterocycles. The lowest BCUT2D eigenvalue weighted by atomic mass is 9.85. The van der Waals surface area contributed by atoms with E-state index in [0.717, 1.165) is 17.3 Å². The fraction of sp³-hybridized carbons (Fsp3) is 0.118. The van der Waals surface area contributed by atoms with Crippen molar-refractivity contribution in [2.24, 2.45) is 0 Å². The van der Waals surface area contributed by atoms with Gasteiger partial charge in [0.1, 0.15) is 5.76 Å². The van der Waals surface area contributed by atoms with Gasteiger partial charge in [-0.1, -0.05) is 65.8 Å². The third-order valence-corrected chi connectivity index (χ3v) is 8.13. The minimum absolute atomic E-state index is 0.0852. The maximum Gasteiger partial charge on any atom is 0.254 e. The SMILES string of the molecule is CC1=C(C(=O)Nc2cccc(C)c2)C(c2ccco2)C(C#N)=C(SCC(=O)Nc2ccc(Cl)cc2C(=O)c2ccccc2)N1. The summed E-state index contributed by atoms with van der Waals surface area (Å²) in [6.07, 6.45) is 1.48. The average Bonchev–Trinajstić information content (AvgIpc) is 3.55. The van der Waals surface area contributed by atoms with Crippen molar-refractivity contribution in [3.8, 4) is 6.07 Å². The second-order valence-corrected chi connectivity index (χ2v) is 11.4. The fourth-order valence-corrected chi connectivity index (χ4v) is 5.94. The predicted molar refractivity (Wildman–Crippen MR) is 172 cm³/mol. The van der Waals surface area contributed by atoms with E-state index in [9.17, 15) is 19.6 Å². The van der Waals surface area contributed by atoms with Crippen molar-refractivity contribution in [2.45, 2.75) is 19.8 Å². The molecule has 220 valence electrons. The molecule has 1 aliphatic heterocycles. The quantitative estimate of drug-likeness (QED) is 0.169. The molecule has 0 bridgehead atoms. The number of nitrogens with one attached hydrogen (secondary N) is 3. The molecular formula is C34H27ClN4O4S. The van der Waals surface area contributed by atoms with Gasteiger partial charge in [-0.25, -0.2) is 0 Å². The summed E-state index contributed by atoms with van der Waals surface area (Å²) in [5.41, 5.74) is 3.74. The highest BCUT2D eigenvalue weighted by Gasteiger charge is 2.36. The molecule has 3 aromatic carbocycles. The number of hydrogen-bond acceptors (Lipinski definition) is 7. The number of aryl methyl sites for hydroxylation is 1. The zero-order valence-electron chi connectivity index (χ0n) is 23.8. The Hall–Kier alpha value is -5.04. The highest BCUT2D eigenvalue weighted by Crippen LogP contribution is 2.41. The summed E-state index contributed by atoms with van der Waals surface area (Å²) in [4.78, 5) is 39.9. The number of amides is 2. The van der Waals surface area contributed by atoms with Crippen LogP contribution in [0.3, 0.4) is 0 Å². The van der Waals surface area contributed by atoms with Gasteiger partial charge in [0.25, 0.3) is 5.91 Å². The first kappa shape index (κ1) is 30.4. The van der Waals surface area contributed by atoms with E-state index in [1.165, 1.54) is 12.3 Å². The van der Waals surface area contributed by atoms with E-state index in [4.69, 9.17) is 16.0 Å². The minimum Gasteiger partial charge on any atom is -0.468 e. The molecule has 1 aromatic heterocycles. The molecule has 10 heteroatoms. The zero-order chi connectivity index (χ0) is 31.2. The molecule has 0 fully saturated rings. The van der Waals surface area contributed by atoms with E-state index < -0.39 is 11.8 Å². The van der Waals surface area contributed by atoms with Gasteiger partial charge in [0.15, 0.2) is 5.78 Å². The molecular weight excluding hydrogens is 596 g/mol. The first-order chi connectivity index (χ1) is 21.2. The number of thioether (sulfide) groups is 1. The number of halogens is 1. The molecule has 0 aliphatic carbocycles. The van der Waals surface area contributed by atoms with Gasteiger partial charge in [-0.05, 0) is 61.9 Å². The number of nitrogens with zero attached hydrogens (tertiary/aromatic N) is 1. The van der Waals surface area contributed by atoms with E-state index in [1.807, 2.05) is 31.2 Å². The molecule has 0 spiro atoms. The Bertz CT molecular complexity index is 1840. The second-order valence-electron chi connectivity index (χ2n) is 10.0. The van der Waals surface area contributed by atoms with Gasteiger partial charge in [0.2, 0.25) is 5.91 Å². The Morgan fingerprint density at radius 1 is 0.977 bits per heavy atom. The van der Waals surface area contributed by atoms with Crippen LogP contribution in [-0.4, -0.2) is 23.4 Å². The van der Waals surface area contributed by atoms with Crippen molar-refractivity contribution in [1.29, 1.82) is 5.26 Å². The summed E-state index contributed by atoms with van der Waals surface area (Å²) in [6, 6.07) is 26.5. The Labute approximate surface area is 263 Å². The molecule has 2 amide bonds. The number of nitriles is 1. The van der Waals surface area contributed by atoms with Crippen molar-refractivity contribution in [3.63, 3.8) is 0 Å². The van der Waals surface area contributed by atoms with Gasteiger partial charge >= 0.3 is 0 Å². The third kappa shape index (κ3) is 6.78. The number of anilines is 2. The van der Waals surface area contributed by atoms with Crippen molar-refractivity contribution in [3.05, 3.63) is 141 Å². The third-order valence-electron chi connectivity index (χ3n) is 6.88. The predicted octanol–water partition coefficient (Wildman–Crippen LogP) is 7.18. The maximum absolute atomic E-state index is 13.6. The van der Waals surface area contributed by atoms with E-state index >= 15 is 0 Å². The lowest BCUT2D eigenvalue weighted by molar-refractivity contribution is -0.114. The normalized spacial score (nSPS) is 14.5. The molecule has 5 rings (SSSR count). The summed E-state index contributed by atoms with van der Waals surface area (Å²) in [7, 11) is 0. The van der Waals surface area contributed by atoms with Crippen LogP contribution in [0.25, 0.3) is 0 Å². The van der Waals surface area contributed by atoms with E-state index in [0.29, 0.717) is 44.0 Å². The lowest BCUT2D eigenvalue weighted by Gasteiger charge is -2.28. The summed E-state index contributed by atoms with van der Waals surface area (Å²) in [5, 5.41) is 19.9. The van der Waals surface area contributed by atoms with Gasteiger partial charge in [0, 0.05) is 27.5 Å². The number of furan rings is 1. The molecule has 1 aliphatic rings. The van der Waals surface area contributed by atoms with E-state index in [2.05, 4.69) is 22.0 Å². The van der Waals surface area contributed by atoms with Gasteiger partial charge in [-0.2, -0.15) is 5.26 Å². The minimum atomic E-state index is -0.794. The number of allylic oxidation sites excluding steroid dienone is 2. The number of benzene rings is 3. The van der Waals surface area contributed by atoms with E-state index in [-0.39, 0.29) is 28.6 Å². The summed E-state index contributed by atoms with van der Waals surface area (Å²) in [5.74, 6) is -1.52. The first-order valence-corrected chi connectivity index (χ1v) is 15.0. The molecule has 1 unspecified atom stereocenters. The van der Waals surface area contributed by atoms with Crippen molar-refractivity contribution >= 4 is 52.3 Å². The fourth-order valence-electron chi connectivity index (χ4n) is 4.87. The Kier molecular flexibility index (Phi) is 9.34. The smallest absolute Gasteiger partial charge is 0.254 e. The summed E-state index contributed by atoms with van der Waals surface area (Å²) >= 11 is 7.29. The van der Waals surface area contributed by atoms with Crippen molar-refractivity contribution in [1.82, 2.24) is 5.32 Å². The van der Waals surface area contributed by atoms with Crippen LogP contribution >= 0.6 is 23.4 Å². The largest absolute Gasteiger partial charge is 0.468 e. The molecule has 0 saturated heterocycles. The van der Waals surface area contributed by atoms with Crippen LogP contribution in [0.2, 0.25) is 5.02 Å². The van der Waals surface area contributed by atoms with E-state index in [1.54, 1.807) is 61.5 Å². The molecule has 4 aromatic rings. The molecule has 0 saturated carbocycles. The molecule has 44 heavy (non-hydrogen) atoms. The van der Waals surface area contributed by atoms with Gasteiger partial charge < -0.3 is 20.4 Å². The van der Waals surface area contributed by atoms with Crippen LogP contribution in [-0.2, 0) is 9.59 Å².